The number of rotatable bonds is 4. The average Bonchev–Trinajstić information content (AvgIpc) is 2.68. The highest BCUT2D eigenvalue weighted by Crippen LogP contribution is 2.24. The summed E-state index contributed by atoms with van der Waals surface area (Å²) in [6.07, 6.45) is 9.76. The third kappa shape index (κ3) is 3.15. The highest BCUT2D eigenvalue weighted by molar-refractivity contribution is 5.10. The van der Waals surface area contributed by atoms with Crippen LogP contribution < -0.4 is 5.73 Å². The zero-order chi connectivity index (χ0) is 13.0. The Hall–Kier alpha value is -0.800. The van der Waals surface area contributed by atoms with E-state index in [0.717, 1.165) is 6.42 Å². The molecule has 1 aromatic heterocycles. The van der Waals surface area contributed by atoms with E-state index >= 15 is 0 Å². The summed E-state index contributed by atoms with van der Waals surface area (Å²) in [7, 11) is 0. The summed E-state index contributed by atoms with van der Waals surface area (Å²) in [5.74, 6) is 0. The fourth-order valence-electron chi connectivity index (χ4n) is 2.79. The van der Waals surface area contributed by atoms with Crippen LogP contribution in [0.2, 0.25) is 0 Å². The van der Waals surface area contributed by atoms with Crippen molar-refractivity contribution in [1.82, 2.24) is 4.90 Å². The number of hydrogen-bond acceptors (Lipinski definition) is 3. The molecule has 1 fully saturated rings. The Balaban J connectivity index is 1.99. The van der Waals surface area contributed by atoms with Crippen molar-refractivity contribution in [2.75, 3.05) is 13.1 Å². The molecule has 102 valence electrons. The first kappa shape index (κ1) is 13.6. The molecule has 3 nitrogen and oxygen atoms in total. The van der Waals surface area contributed by atoms with Gasteiger partial charge in [0.25, 0.3) is 0 Å². The first-order chi connectivity index (χ1) is 8.60. The lowest BCUT2D eigenvalue weighted by Crippen LogP contribution is -2.57. The van der Waals surface area contributed by atoms with Crippen LogP contribution in [-0.4, -0.2) is 29.6 Å². The molecule has 2 rings (SSSR count). The van der Waals surface area contributed by atoms with Gasteiger partial charge in [-0.25, -0.2) is 0 Å². The monoisotopic (exact) mass is 250 g/mol. The highest BCUT2D eigenvalue weighted by atomic mass is 16.3. The van der Waals surface area contributed by atoms with Crippen molar-refractivity contribution in [3.63, 3.8) is 0 Å². The quantitative estimate of drug-likeness (QED) is 0.893. The summed E-state index contributed by atoms with van der Waals surface area (Å²) in [6, 6.07) is 2.16. The fourth-order valence-corrected chi connectivity index (χ4v) is 2.79. The third-order valence-corrected chi connectivity index (χ3v) is 4.36. The van der Waals surface area contributed by atoms with E-state index in [2.05, 4.69) is 18.7 Å². The molecule has 0 spiro atoms. The lowest BCUT2D eigenvalue weighted by molar-refractivity contribution is 0.0978. The summed E-state index contributed by atoms with van der Waals surface area (Å²) >= 11 is 0. The van der Waals surface area contributed by atoms with Gasteiger partial charge in [0.15, 0.2) is 0 Å². The molecule has 3 heteroatoms. The summed E-state index contributed by atoms with van der Waals surface area (Å²) in [5.41, 5.74) is 7.70. The van der Waals surface area contributed by atoms with Gasteiger partial charge in [0.1, 0.15) is 0 Å². The molecule has 0 bridgehead atoms. The highest BCUT2D eigenvalue weighted by Gasteiger charge is 2.33. The van der Waals surface area contributed by atoms with E-state index in [9.17, 15) is 0 Å². The summed E-state index contributed by atoms with van der Waals surface area (Å²) in [4.78, 5) is 2.57. The van der Waals surface area contributed by atoms with Crippen molar-refractivity contribution in [1.29, 1.82) is 0 Å². The van der Waals surface area contributed by atoms with Gasteiger partial charge in [-0.05, 0) is 57.8 Å². The second-order valence-corrected chi connectivity index (χ2v) is 6.00. The van der Waals surface area contributed by atoms with Gasteiger partial charge in [0.05, 0.1) is 12.5 Å². The van der Waals surface area contributed by atoms with E-state index in [0.29, 0.717) is 0 Å². The molecule has 2 N–H and O–H groups in total. The van der Waals surface area contributed by atoms with Crippen LogP contribution in [0.4, 0.5) is 0 Å². The van der Waals surface area contributed by atoms with Crippen molar-refractivity contribution in [3.8, 4) is 0 Å². The molecule has 1 aliphatic rings. The maximum absolute atomic E-state index is 6.44. The van der Waals surface area contributed by atoms with E-state index in [4.69, 9.17) is 10.2 Å². The molecule has 0 radical (unpaired) electrons. The first-order valence-electron chi connectivity index (χ1n) is 7.12. The van der Waals surface area contributed by atoms with Gasteiger partial charge < -0.3 is 10.2 Å². The fraction of sp³-hybridized carbons (Fsp3) is 0.733. The van der Waals surface area contributed by atoms with Crippen molar-refractivity contribution >= 4 is 0 Å². The van der Waals surface area contributed by atoms with E-state index in [1.54, 1.807) is 12.5 Å². The van der Waals surface area contributed by atoms with Crippen LogP contribution in [0.1, 0.15) is 45.1 Å². The van der Waals surface area contributed by atoms with E-state index in [-0.39, 0.29) is 11.6 Å². The molecule has 0 aliphatic carbocycles. The molecule has 1 unspecified atom stereocenters. The SMILES string of the molecule is CC(C)(C(N)Cc1ccoc1)N1CCCCCC1. The zero-order valence-corrected chi connectivity index (χ0v) is 11.7. The molecule has 0 amide bonds. The van der Waals surface area contributed by atoms with Crippen LogP contribution in [0.5, 0.6) is 0 Å². The molecular weight excluding hydrogens is 224 g/mol. The topological polar surface area (TPSA) is 42.4 Å². The number of nitrogens with two attached hydrogens (primary N) is 1. The van der Waals surface area contributed by atoms with Crippen molar-refractivity contribution in [2.24, 2.45) is 5.73 Å². The molecule has 1 atom stereocenters. The third-order valence-electron chi connectivity index (χ3n) is 4.36. The normalized spacial score (nSPS) is 20.6. The largest absolute Gasteiger partial charge is 0.472 e. The molecule has 1 aliphatic heterocycles. The predicted molar refractivity (Wildman–Crippen MR) is 74.5 cm³/mol. The van der Waals surface area contributed by atoms with E-state index in [1.807, 2.05) is 6.07 Å². The van der Waals surface area contributed by atoms with Gasteiger partial charge in [0, 0.05) is 11.6 Å². The second kappa shape index (κ2) is 5.89. The maximum Gasteiger partial charge on any atom is 0.0935 e. The smallest absolute Gasteiger partial charge is 0.0935 e. The molecule has 1 aromatic rings. The summed E-state index contributed by atoms with van der Waals surface area (Å²) in [6.45, 7) is 6.93. The van der Waals surface area contributed by atoms with Gasteiger partial charge in [-0.15, -0.1) is 0 Å². The minimum atomic E-state index is 0.0572. The average molecular weight is 250 g/mol. The second-order valence-electron chi connectivity index (χ2n) is 6.00. The van der Waals surface area contributed by atoms with Crippen molar-refractivity contribution in [2.45, 2.75) is 57.5 Å². The number of nitrogens with zero attached hydrogens (tertiary/aromatic N) is 1. The van der Waals surface area contributed by atoms with Crippen LogP contribution >= 0.6 is 0 Å². The number of likely N-dealkylation sites (tertiary alicyclic amines) is 1. The molecule has 1 saturated heterocycles. The number of hydrogen-bond donors (Lipinski definition) is 1. The Morgan fingerprint density at radius 3 is 2.50 bits per heavy atom. The maximum atomic E-state index is 6.44. The minimum absolute atomic E-state index is 0.0572. The summed E-state index contributed by atoms with van der Waals surface area (Å²) in [5, 5.41) is 0. The van der Waals surface area contributed by atoms with Gasteiger partial charge in [-0.2, -0.15) is 0 Å². The van der Waals surface area contributed by atoms with Crippen LogP contribution in [0, 0.1) is 0 Å². The Kier molecular flexibility index (Phi) is 4.46. The Morgan fingerprint density at radius 2 is 1.94 bits per heavy atom. The Labute approximate surface area is 110 Å². The lowest BCUT2D eigenvalue weighted by atomic mass is 9.88. The standard InChI is InChI=1S/C15H26N2O/c1-15(2,17-8-5-3-4-6-9-17)14(16)11-13-7-10-18-12-13/h7,10,12,14H,3-6,8-9,11,16H2,1-2H3. The van der Waals surface area contributed by atoms with Crippen LogP contribution in [0.25, 0.3) is 0 Å². The predicted octanol–water partition coefficient (Wildman–Crippen LogP) is 2.80. The first-order valence-corrected chi connectivity index (χ1v) is 7.12. The zero-order valence-electron chi connectivity index (χ0n) is 11.7. The Bertz CT molecular complexity index is 337. The van der Waals surface area contributed by atoms with Gasteiger partial charge in [0.2, 0.25) is 0 Å². The van der Waals surface area contributed by atoms with Crippen molar-refractivity contribution < 1.29 is 4.42 Å². The van der Waals surface area contributed by atoms with Gasteiger partial charge in [-0.3, -0.25) is 4.90 Å². The lowest BCUT2D eigenvalue weighted by Gasteiger charge is -2.42. The molecule has 18 heavy (non-hydrogen) atoms. The minimum Gasteiger partial charge on any atom is -0.472 e. The molecular formula is C15H26N2O. The van der Waals surface area contributed by atoms with Gasteiger partial charge >= 0.3 is 0 Å². The Morgan fingerprint density at radius 1 is 1.28 bits per heavy atom. The van der Waals surface area contributed by atoms with Crippen LogP contribution in [0.15, 0.2) is 23.0 Å². The van der Waals surface area contributed by atoms with Crippen molar-refractivity contribution in [3.05, 3.63) is 24.2 Å². The van der Waals surface area contributed by atoms with Gasteiger partial charge in [-0.1, -0.05) is 12.8 Å². The van der Waals surface area contributed by atoms with Crippen LogP contribution in [-0.2, 0) is 6.42 Å². The molecule has 0 aromatic carbocycles. The number of furan rings is 1. The molecule has 0 saturated carbocycles. The summed E-state index contributed by atoms with van der Waals surface area (Å²) < 4.78 is 5.12. The molecule has 2 heterocycles. The van der Waals surface area contributed by atoms with E-state index in [1.165, 1.54) is 44.3 Å². The van der Waals surface area contributed by atoms with Crippen LogP contribution in [0.3, 0.4) is 0 Å². The van der Waals surface area contributed by atoms with E-state index < -0.39 is 0 Å².